The SMILES string of the molecule is CC(C(=O)C1CC1(C)C)C1CCCN1. The molecule has 2 fully saturated rings. The smallest absolute Gasteiger partial charge is 0.140 e. The van der Waals surface area contributed by atoms with Crippen LogP contribution in [-0.4, -0.2) is 18.4 Å². The average Bonchev–Trinajstić information content (AvgIpc) is 2.60. The van der Waals surface area contributed by atoms with E-state index in [1.165, 1.54) is 12.8 Å². The lowest BCUT2D eigenvalue weighted by Gasteiger charge is -2.18. The van der Waals surface area contributed by atoms with Crippen LogP contribution in [0.1, 0.15) is 40.0 Å². The molecule has 1 aliphatic heterocycles. The molecule has 0 spiro atoms. The lowest BCUT2D eigenvalue weighted by atomic mass is 9.91. The number of ketones is 1. The molecule has 1 N–H and O–H groups in total. The van der Waals surface area contributed by atoms with Gasteiger partial charge in [0.25, 0.3) is 0 Å². The predicted molar refractivity (Wildman–Crippen MR) is 57.1 cm³/mol. The Kier molecular flexibility index (Phi) is 2.42. The molecule has 2 rings (SSSR count). The second-order valence-electron chi connectivity index (χ2n) is 5.64. The third-order valence-corrected chi connectivity index (χ3v) is 4.01. The van der Waals surface area contributed by atoms with Crippen LogP contribution in [0.2, 0.25) is 0 Å². The Hall–Kier alpha value is -0.370. The second kappa shape index (κ2) is 3.34. The summed E-state index contributed by atoms with van der Waals surface area (Å²) in [6, 6.07) is 0.457. The highest BCUT2D eigenvalue weighted by atomic mass is 16.1. The lowest BCUT2D eigenvalue weighted by Crippen LogP contribution is -2.35. The minimum absolute atomic E-state index is 0.226. The molecule has 2 aliphatic rings. The van der Waals surface area contributed by atoms with E-state index in [1.54, 1.807) is 0 Å². The Morgan fingerprint density at radius 3 is 2.57 bits per heavy atom. The second-order valence-corrected chi connectivity index (χ2v) is 5.64. The molecule has 0 aromatic carbocycles. The van der Waals surface area contributed by atoms with Gasteiger partial charge in [0.1, 0.15) is 5.78 Å². The summed E-state index contributed by atoms with van der Waals surface area (Å²) in [6.45, 7) is 7.59. The maximum Gasteiger partial charge on any atom is 0.140 e. The summed E-state index contributed by atoms with van der Waals surface area (Å²) >= 11 is 0. The van der Waals surface area contributed by atoms with Crippen molar-refractivity contribution >= 4 is 5.78 Å². The molecular weight excluding hydrogens is 174 g/mol. The van der Waals surface area contributed by atoms with E-state index in [2.05, 4.69) is 26.1 Å². The van der Waals surface area contributed by atoms with Gasteiger partial charge in [0.05, 0.1) is 0 Å². The van der Waals surface area contributed by atoms with Crippen LogP contribution in [0.5, 0.6) is 0 Å². The quantitative estimate of drug-likeness (QED) is 0.746. The summed E-state index contributed by atoms with van der Waals surface area (Å²) in [7, 11) is 0. The van der Waals surface area contributed by atoms with Gasteiger partial charge in [-0.05, 0) is 31.2 Å². The van der Waals surface area contributed by atoms with Gasteiger partial charge in [-0.1, -0.05) is 20.8 Å². The van der Waals surface area contributed by atoms with Crippen LogP contribution in [0.25, 0.3) is 0 Å². The van der Waals surface area contributed by atoms with E-state index in [-0.39, 0.29) is 5.92 Å². The first-order valence-electron chi connectivity index (χ1n) is 5.79. The van der Waals surface area contributed by atoms with Crippen molar-refractivity contribution in [1.82, 2.24) is 5.32 Å². The fourth-order valence-electron chi connectivity index (χ4n) is 2.61. The van der Waals surface area contributed by atoms with E-state index < -0.39 is 0 Å². The van der Waals surface area contributed by atoms with Crippen molar-refractivity contribution in [2.75, 3.05) is 6.54 Å². The normalized spacial score (nSPS) is 36.8. The van der Waals surface area contributed by atoms with Gasteiger partial charge in [-0.15, -0.1) is 0 Å². The Labute approximate surface area is 86.5 Å². The standard InChI is InChI=1S/C12H21NO/c1-8(10-5-4-6-13-10)11(14)9-7-12(9,2)3/h8-10,13H,4-7H2,1-3H3. The van der Waals surface area contributed by atoms with Crippen LogP contribution in [0.15, 0.2) is 0 Å². The summed E-state index contributed by atoms with van der Waals surface area (Å²) in [5.41, 5.74) is 0.296. The summed E-state index contributed by atoms with van der Waals surface area (Å²) in [5.74, 6) is 1.07. The van der Waals surface area contributed by atoms with Crippen molar-refractivity contribution in [3.05, 3.63) is 0 Å². The first kappa shape index (κ1) is 10.2. The Bertz CT molecular complexity index is 241. The molecule has 1 heterocycles. The van der Waals surface area contributed by atoms with Crippen molar-refractivity contribution in [2.24, 2.45) is 17.3 Å². The van der Waals surface area contributed by atoms with Crippen LogP contribution in [0.3, 0.4) is 0 Å². The van der Waals surface area contributed by atoms with E-state index in [4.69, 9.17) is 0 Å². The summed E-state index contributed by atoms with van der Waals surface area (Å²) in [5, 5.41) is 3.43. The van der Waals surface area contributed by atoms with Gasteiger partial charge >= 0.3 is 0 Å². The monoisotopic (exact) mass is 195 g/mol. The molecule has 1 saturated carbocycles. The van der Waals surface area contributed by atoms with Crippen molar-refractivity contribution < 1.29 is 4.79 Å². The van der Waals surface area contributed by atoms with E-state index >= 15 is 0 Å². The maximum atomic E-state index is 12.1. The summed E-state index contributed by atoms with van der Waals surface area (Å²) < 4.78 is 0. The Morgan fingerprint density at radius 2 is 2.14 bits per heavy atom. The number of carbonyl (C=O) groups is 1. The van der Waals surface area contributed by atoms with Crippen molar-refractivity contribution in [3.8, 4) is 0 Å². The van der Waals surface area contributed by atoms with Crippen LogP contribution in [0, 0.1) is 17.3 Å². The molecular formula is C12H21NO. The van der Waals surface area contributed by atoms with Gasteiger partial charge < -0.3 is 5.32 Å². The van der Waals surface area contributed by atoms with Gasteiger partial charge in [0.15, 0.2) is 0 Å². The predicted octanol–water partition coefficient (Wildman–Crippen LogP) is 1.99. The van der Waals surface area contributed by atoms with Crippen molar-refractivity contribution in [3.63, 3.8) is 0 Å². The largest absolute Gasteiger partial charge is 0.313 e. The van der Waals surface area contributed by atoms with Crippen LogP contribution < -0.4 is 5.32 Å². The fourth-order valence-corrected chi connectivity index (χ4v) is 2.61. The first-order chi connectivity index (χ1) is 6.52. The number of rotatable bonds is 3. The van der Waals surface area contributed by atoms with Gasteiger partial charge in [0, 0.05) is 17.9 Å². The zero-order valence-corrected chi connectivity index (χ0v) is 9.47. The number of carbonyl (C=O) groups excluding carboxylic acids is 1. The topological polar surface area (TPSA) is 29.1 Å². The van der Waals surface area contributed by atoms with E-state index in [0.29, 0.717) is 23.2 Å². The van der Waals surface area contributed by atoms with E-state index in [0.717, 1.165) is 13.0 Å². The molecule has 3 atom stereocenters. The average molecular weight is 195 g/mol. The fraction of sp³-hybridized carbons (Fsp3) is 0.917. The highest BCUT2D eigenvalue weighted by molar-refractivity contribution is 5.87. The van der Waals surface area contributed by atoms with Crippen LogP contribution in [-0.2, 0) is 4.79 Å². The third-order valence-electron chi connectivity index (χ3n) is 4.01. The Balaban J connectivity index is 1.91. The van der Waals surface area contributed by atoms with Gasteiger partial charge in [-0.3, -0.25) is 4.79 Å². The molecule has 0 radical (unpaired) electrons. The van der Waals surface area contributed by atoms with Crippen LogP contribution in [0.4, 0.5) is 0 Å². The molecule has 1 aliphatic carbocycles. The van der Waals surface area contributed by atoms with Crippen LogP contribution >= 0.6 is 0 Å². The van der Waals surface area contributed by atoms with Gasteiger partial charge in [-0.25, -0.2) is 0 Å². The van der Waals surface area contributed by atoms with Crippen molar-refractivity contribution in [2.45, 2.75) is 46.1 Å². The zero-order chi connectivity index (χ0) is 10.3. The van der Waals surface area contributed by atoms with Gasteiger partial charge in [0.2, 0.25) is 0 Å². The molecule has 0 aromatic heterocycles. The molecule has 2 nitrogen and oxygen atoms in total. The first-order valence-corrected chi connectivity index (χ1v) is 5.79. The summed E-state index contributed by atoms with van der Waals surface area (Å²) in [4.78, 5) is 12.1. The highest BCUT2D eigenvalue weighted by Gasteiger charge is 2.52. The lowest BCUT2D eigenvalue weighted by molar-refractivity contribution is -0.125. The molecule has 2 heteroatoms. The zero-order valence-electron chi connectivity index (χ0n) is 9.47. The Morgan fingerprint density at radius 1 is 1.50 bits per heavy atom. The maximum absolute atomic E-state index is 12.1. The number of Topliss-reactive ketones (excluding diaryl/α,β-unsaturated/α-hetero) is 1. The van der Waals surface area contributed by atoms with E-state index in [1.807, 2.05) is 0 Å². The summed E-state index contributed by atoms with van der Waals surface area (Å²) in [6.07, 6.45) is 3.51. The van der Waals surface area contributed by atoms with Crippen molar-refractivity contribution in [1.29, 1.82) is 0 Å². The molecule has 14 heavy (non-hydrogen) atoms. The highest BCUT2D eigenvalue weighted by Crippen LogP contribution is 2.53. The number of nitrogens with one attached hydrogen (secondary N) is 1. The van der Waals surface area contributed by atoms with E-state index in [9.17, 15) is 4.79 Å². The minimum Gasteiger partial charge on any atom is -0.313 e. The molecule has 0 amide bonds. The number of hydrogen-bond acceptors (Lipinski definition) is 2. The minimum atomic E-state index is 0.226. The molecule has 0 aromatic rings. The molecule has 80 valence electrons. The molecule has 3 unspecified atom stereocenters. The number of hydrogen-bond donors (Lipinski definition) is 1. The van der Waals surface area contributed by atoms with Gasteiger partial charge in [-0.2, -0.15) is 0 Å². The molecule has 1 saturated heterocycles. The molecule has 0 bridgehead atoms. The third kappa shape index (κ3) is 1.72.